The molecule has 2 aromatic carbocycles. The Morgan fingerprint density at radius 1 is 1.03 bits per heavy atom. The number of piperidine rings is 2. The van der Waals surface area contributed by atoms with Crippen LogP contribution in [-0.4, -0.2) is 106 Å². The third kappa shape index (κ3) is 9.17. The van der Waals surface area contributed by atoms with Gasteiger partial charge in [-0.05, 0) is 56.5 Å². The van der Waals surface area contributed by atoms with Crippen LogP contribution in [0.5, 0.6) is 11.5 Å². The van der Waals surface area contributed by atoms with E-state index < -0.39 is 54.1 Å². The maximum Gasteiger partial charge on any atom is 0.266 e. The smallest absolute Gasteiger partial charge is 0.266 e. The molecule has 0 radical (unpaired) electrons. The molecule has 59 heavy (non-hydrogen) atoms. The molecule has 4 N–H and O–H groups in total. The molecule has 5 amide bonds. The molecule has 2 aromatic heterocycles. The number of amides is 5. The van der Waals surface area contributed by atoms with E-state index in [1.807, 2.05) is 10.9 Å². The normalized spacial score (nSPS) is 17.8. The summed E-state index contributed by atoms with van der Waals surface area (Å²) in [4.78, 5) is 70.1. The number of nitrogens with two attached hydrogens (primary N) is 1. The number of carbonyl (C=O) groups excluding carboxylic acids is 5. The summed E-state index contributed by atoms with van der Waals surface area (Å²) in [7, 11) is 0. The molecule has 0 aliphatic carbocycles. The van der Waals surface area contributed by atoms with Gasteiger partial charge in [0.05, 0.1) is 41.6 Å². The van der Waals surface area contributed by atoms with E-state index >= 15 is 0 Å². The summed E-state index contributed by atoms with van der Waals surface area (Å²) < 4.78 is 33.5. The van der Waals surface area contributed by atoms with Gasteiger partial charge in [-0.3, -0.25) is 38.9 Å². The van der Waals surface area contributed by atoms with Crippen molar-refractivity contribution in [3.8, 4) is 22.6 Å². The molecule has 310 valence electrons. The largest absolute Gasteiger partial charge is 0.483 e. The lowest BCUT2D eigenvalue weighted by Crippen LogP contribution is -2.54. The van der Waals surface area contributed by atoms with Gasteiger partial charge in [0.1, 0.15) is 23.7 Å². The number of hydrogen-bond acceptors (Lipinski definition) is 12. The van der Waals surface area contributed by atoms with E-state index in [-0.39, 0.29) is 64.8 Å². The van der Waals surface area contributed by atoms with E-state index in [2.05, 4.69) is 25.6 Å². The fourth-order valence-corrected chi connectivity index (χ4v) is 8.00. The lowest BCUT2D eigenvalue weighted by atomic mass is 10.0. The number of imide groups is 2. The van der Waals surface area contributed by atoms with Crippen molar-refractivity contribution >= 4 is 58.6 Å². The van der Waals surface area contributed by atoms with Crippen LogP contribution in [0.4, 0.5) is 10.2 Å². The molecule has 16 nitrogen and oxygen atoms in total. The Labute approximate surface area is 348 Å². The molecule has 5 heterocycles. The van der Waals surface area contributed by atoms with Crippen LogP contribution in [0.3, 0.4) is 0 Å². The number of halogens is 3. The minimum absolute atomic E-state index is 0.00647. The Bertz CT molecular complexity index is 2280. The van der Waals surface area contributed by atoms with E-state index in [0.717, 1.165) is 48.5 Å². The Morgan fingerprint density at radius 3 is 2.61 bits per heavy atom. The van der Waals surface area contributed by atoms with Gasteiger partial charge in [-0.15, -0.1) is 0 Å². The topological polar surface area (TPSA) is 200 Å². The first-order valence-electron chi connectivity index (χ1n) is 19.0. The summed E-state index contributed by atoms with van der Waals surface area (Å²) in [5, 5.41) is 9.66. The monoisotopic (exact) mass is 850 g/mol. The highest BCUT2D eigenvalue weighted by Gasteiger charge is 2.46. The van der Waals surface area contributed by atoms with Crippen LogP contribution in [0.1, 0.15) is 71.0 Å². The second-order valence-electron chi connectivity index (χ2n) is 14.3. The first-order valence-corrected chi connectivity index (χ1v) is 19.8. The van der Waals surface area contributed by atoms with Crippen molar-refractivity contribution in [1.29, 1.82) is 0 Å². The second kappa shape index (κ2) is 18.1. The summed E-state index contributed by atoms with van der Waals surface area (Å²) in [6.07, 6.45) is 6.48. The number of pyridine rings is 1. The van der Waals surface area contributed by atoms with Crippen LogP contribution in [0.25, 0.3) is 11.1 Å². The van der Waals surface area contributed by atoms with Gasteiger partial charge < -0.3 is 30.2 Å². The first kappa shape index (κ1) is 41.5. The molecular weight excluding hydrogens is 810 g/mol. The quantitative estimate of drug-likeness (QED) is 0.0869. The minimum atomic E-state index is -1.11. The molecule has 2 saturated heterocycles. The molecule has 2 fully saturated rings. The van der Waals surface area contributed by atoms with E-state index in [1.54, 1.807) is 25.4 Å². The number of nitrogens with one attached hydrogen (secondary N) is 2. The van der Waals surface area contributed by atoms with Crippen LogP contribution in [0.2, 0.25) is 10.0 Å². The van der Waals surface area contributed by atoms with Gasteiger partial charge in [-0.2, -0.15) is 5.10 Å². The van der Waals surface area contributed by atoms with Crippen LogP contribution < -0.4 is 25.8 Å². The third-order valence-corrected chi connectivity index (χ3v) is 11.2. The lowest BCUT2D eigenvalue weighted by molar-refractivity contribution is -0.136. The lowest BCUT2D eigenvalue weighted by Gasteiger charge is -2.31. The molecule has 4 aromatic rings. The molecule has 7 rings (SSSR count). The number of nitrogens with zero attached hydrogens (tertiary/aromatic N) is 5. The van der Waals surface area contributed by atoms with Crippen LogP contribution in [-0.2, 0) is 19.1 Å². The zero-order chi connectivity index (χ0) is 41.8. The number of fused-ring (bicyclic) bond motifs is 1. The summed E-state index contributed by atoms with van der Waals surface area (Å²) in [5.74, 6) is -3.08. The molecule has 2 atom stereocenters. The summed E-state index contributed by atoms with van der Waals surface area (Å²) in [5.41, 5.74) is 8.05. The highest BCUT2D eigenvalue weighted by atomic mass is 35.5. The zero-order valence-corrected chi connectivity index (χ0v) is 33.4. The molecule has 0 saturated carbocycles. The summed E-state index contributed by atoms with van der Waals surface area (Å²) >= 11 is 12.5. The summed E-state index contributed by atoms with van der Waals surface area (Å²) in [6, 6.07) is 7.92. The number of ether oxygens (including phenoxy) is 3. The predicted molar refractivity (Wildman–Crippen MR) is 212 cm³/mol. The molecule has 1 unspecified atom stereocenters. The molecule has 0 spiro atoms. The Morgan fingerprint density at radius 2 is 1.83 bits per heavy atom. The van der Waals surface area contributed by atoms with Gasteiger partial charge in [0.15, 0.2) is 18.2 Å². The third-order valence-electron chi connectivity index (χ3n) is 10.4. The average Bonchev–Trinajstić information content (AvgIpc) is 3.81. The van der Waals surface area contributed by atoms with Crippen molar-refractivity contribution in [2.45, 2.75) is 50.8 Å². The Hall–Kier alpha value is -5.62. The minimum Gasteiger partial charge on any atom is -0.483 e. The number of carbonyl (C=O) groups is 5. The standard InChI is InChI=1S/C40H41Cl2FN8O8/c1-22(34-27(41)5-6-28(43)36(34)42)59-31-17-23(18-46-37(31)44)24-19-47-50(20-24)25-9-12-49(13-10-25)14-16-57-15-11-45-33(53)21-58-30-4-2-3-26-35(30)40(56)51(39(26)55)29-7-8-32(52)48-38(29)54/h2-6,17-20,22,25,29H,7-16,21H2,1H3,(H2,44,46)(H,45,53)(H,48,52,54)/t22-,29?/m1/s1. The molecule has 3 aliphatic heterocycles. The molecule has 19 heteroatoms. The van der Waals surface area contributed by atoms with Gasteiger partial charge in [-0.25, -0.2) is 9.37 Å². The zero-order valence-electron chi connectivity index (χ0n) is 31.9. The second-order valence-corrected chi connectivity index (χ2v) is 15.1. The van der Waals surface area contributed by atoms with Crippen molar-refractivity contribution in [2.75, 3.05) is 51.7 Å². The van der Waals surface area contributed by atoms with Crippen molar-refractivity contribution in [3.63, 3.8) is 0 Å². The number of rotatable bonds is 15. The maximum absolute atomic E-state index is 14.1. The van der Waals surface area contributed by atoms with Crippen molar-refractivity contribution in [3.05, 3.63) is 87.5 Å². The van der Waals surface area contributed by atoms with Crippen LogP contribution in [0.15, 0.2) is 55.0 Å². The van der Waals surface area contributed by atoms with E-state index in [1.165, 1.54) is 30.3 Å². The first-order chi connectivity index (χ1) is 28.4. The number of nitrogen functional groups attached to an aromatic ring is 1. The number of aromatic nitrogens is 3. The average molecular weight is 852 g/mol. The fraction of sp³-hybridized carbons (Fsp3) is 0.375. The number of hydrogen-bond donors (Lipinski definition) is 3. The summed E-state index contributed by atoms with van der Waals surface area (Å²) in [6.45, 7) is 4.72. The Balaban J connectivity index is 0.808. The van der Waals surface area contributed by atoms with E-state index in [0.29, 0.717) is 17.9 Å². The van der Waals surface area contributed by atoms with Gasteiger partial charge in [0.25, 0.3) is 17.7 Å². The maximum atomic E-state index is 14.1. The van der Waals surface area contributed by atoms with Crippen molar-refractivity contribution in [1.82, 2.24) is 35.2 Å². The van der Waals surface area contributed by atoms with E-state index in [4.69, 9.17) is 43.1 Å². The molecular formula is C40H41Cl2FN8O8. The predicted octanol–water partition coefficient (Wildman–Crippen LogP) is 4.36. The van der Waals surface area contributed by atoms with Gasteiger partial charge in [0.2, 0.25) is 11.8 Å². The van der Waals surface area contributed by atoms with Crippen LogP contribution >= 0.6 is 23.2 Å². The van der Waals surface area contributed by atoms with Crippen molar-refractivity contribution < 1.29 is 42.6 Å². The van der Waals surface area contributed by atoms with Crippen molar-refractivity contribution in [2.24, 2.45) is 0 Å². The molecule has 0 bridgehead atoms. The van der Waals surface area contributed by atoms with Gasteiger partial charge in [-0.1, -0.05) is 29.3 Å². The highest BCUT2D eigenvalue weighted by Crippen LogP contribution is 2.38. The van der Waals surface area contributed by atoms with Crippen LogP contribution in [0, 0.1) is 5.82 Å². The van der Waals surface area contributed by atoms with Gasteiger partial charge in [0, 0.05) is 66.7 Å². The highest BCUT2D eigenvalue weighted by molar-refractivity contribution is 6.36. The molecule has 3 aliphatic rings. The fourth-order valence-electron chi connectivity index (χ4n) is 7.32. The SMILES string of the molecule is C[C@@H](Oc1cc(-c2cnn(C3CCN(CCOCCNC(=O)COc4cccc5c4C(=O)N(C4CCC(=O)NC4=O)C5=O)CC3)c2)cnc1N)c1c(Cl)ccc(F)c1Cl. The Kier molecular flexibility index (Phi) is 12.7. The van der Waals surface area contributed by atoms with Gasteiger partial charge >= 0.3 is 0 Å². The number of anilines is 1. The number of benzene rings is 2. The van der Waals surface area contributed by atoms with E-state index in [9.17, 15) is 28.4 Å². The number of likely N-dealkylation sites (tertiary alicyclic amines) is 1.